The molecular weight excluding hydrogens is 280 g/mol. The Morgan fingerprint density at radius 2 is 2.14 bits per heavy atom. The molecule has 1 saturated heterocycles. The number of nitrogens with zero attached hydrogens (tertiary/aromatic N) is 1. The zero-order chi connectivity index (χ0) is 15.4. The number of amides is 1. The zero-order valence-electron chi connectivity index (χ0n) is 12.8. The first-order chi connectivity index (χ1) is 10.7. The molecule has 1 spiro atoms. The molecule has 1 saturated carbocycles. The van der Waals surface area contributed by atoms with Crippen LogP contribution < -0.4 is 16.1 Å². The molecule has 2 fully saturated rings. The van der Waals surface area contributed by atoms with Crippen LogP contribution in [0.3, 0.4) is 0 Å². The van der Waals surface area contributed by atoms with Crippen LogP contribution in [0.25, 0.3) is 0 Å². The third kappa shape index (κ3) is 3.29. The monoisotopic (exact) mass is 304 g/mol. The number of nitrogens with one attached hydrogen (secondary N) is 3. The summed E-state index contributed by atoms with van der Waals surface area (Å²) in [5.74, 6) is -0.515. The van der Waals surface area contributed by atoms with Gasteiger partial charge in [-0.05, 0) is 55.8 Å². The summed E-state index contributed by atoms with van der Waals surface area (Å²) in [6, 6.07) is 1.77. The van der Waals surface area contributed by atoms with Crippen molar-refractivity contribution in [2.24, 2.45) is 5.41 Å². The minimum atomic E-state index is -0.515. The molecule has 1 aliphatic carbocycles. The van der Waals surface area contributed by atoms with E-state index in [0.29, 0.717) is 5.56 Å². The molecule has 0 atom stereocenters. The molecule has 0 unspecified atom stereocenters. The Bertz CT molecular complexity index is 535. The highest BCUT2D eigenvalue weighted by molar-refractivity contribution is 5.93. The smallest absolute Gasteiger partial charge is 0.276 e. The van der Waals surface area contributed by atoms with Crippen LogP contribution in [-0.4, -0.2) is 35.7 Å². The molecule has 6 heteroatoms. The van der Waals surface area contributed by atoms with Gasteiger partial charge in [0, 0.05) is 19.3 Å². The van der Waals surface area contributed by atoms with Crippen LogP contribution in [0.4, 0.5) is 0 Å². The lowest BCUT2D eigenvalue weighted by atomic mass is 9.68. The van der Waals surface area contributed by atoms with E-state index in [9.17, 15) is 4.79 Å². The first kappa shape index (κ1) is 15.4. The highest BCUT2D eigenvalue weighted by atomic mass is 16.5. The zero-order valence-corrected chi connectivity index (χ0v) is 12.8. The Morgan fingerprint density at radius 3 is 2.73 bits per heavy atom. The summed E-state index contributed by atoms with van der Waals surface area (Å²) in [6.45, 7) is 4.24. The van der Waals surface area contributed by atoms with Gasteiger partial charge < -0.3 is 10.6 Å². The van der Waals surface area contributed by atoms with Crippen LogP contribution in [0, 0.1) is 5.41 Å². The van der Waals surface area contributed by atoms with Gasteiger partial charge in [-0.3, -0.25) is 15.0 Å². The van der Waals surface area contributed by atoms with Crippen LogP contribution in [0.2, 0.25) is 0 Å². The average molecular weight is 304 g/mol. The van der Waals surface area contributed by atoms with Gasteiger partial charge in [0.15, 0.2) is 0 Å². The van der Waals surface area contributed by atoms with E-state index < -0.39 is 5.91 Å². The van der Waals surface area contributed by atoms with Gasteiger partial charge in [-0.2, -0.15) is 0 Å². The van der Waals surface area contributed by atoms with Gasteiger partial charge in [-0.15, -0.1) is 0 Å². The SMILES string of the molecule is C1CC2(C1)CCNC2.O=C(NO)c1cnc2c(c1)CCNC2. The average Bonchev–Trinajstić information content (AvgIpc) is 3.04. The number of aromatic nitrogens is 1. The molecule has 0 radical (unpaired) electrons. The Balaban J connectivity index is 0.000000151. The summed E-state index contributed by atoms with van der Waals surface area (Å²) >= 11 is 0. The maximum absolute atomic E-state index is 11.1. The minimum Gasteiger partial charge on any atom is -0.316 e. The fourth-order valence-electron chi connectivity index (χ4n) is 3.43. The van der Waals surface area contributed by atoms with Crippen LogP contribution in [0.1, 0.15) is 47.3 Å². The highest BCUT2D eigenvalue weighted by Crippen LogP contribution is 2.45. The molecule has 1 amide bonds. The molecule has 4 rings (SSSR count). The summed E-state index contributed by atoms with van der Waals surface area (Å²) in [5, 5.41) is 15.1. The van der Waals surface area contributed by atoms with Crippen molar-refractivity contribution in [1.29, 1.82) is 0 Å². The predicted octanol–water partition coefficient (Wildman–Crippen LogP) is 0.996. The van der Waals surface area contributed by atoms with Crippen molar-refractivity contribution in [2.45, 2.75) is 38.6 Å². The fourth-order valence-corrected chi connectivity index (χ4v) is 3.43. The van der Waals surface area contributed by atoms with Gasteiger partial charge in [0.1, 0.15) is 0 Å². The summed E-state index contributed by atoms with van der Waals surface area (Å²) in [7, 11) is 0. The van der Waals surface area contributed by atoms with Crippen LogP contribution in [0.15, 0.2) is 12.3 Å². The Morgan fingerprint density at radius 1 is 1.27 bits per heavy atom. The van der Waals surface area contributed by atoms with E-state index >= 15 is 0 Å². The van der Waals surface area contributed by atoms with Gasteiger partial charge in [0.25, 0.3) is 5.91 Å². The molecule has 3 aliphatic rings. The topological polar surface area (TPSA) is 86.3 Å². The van der Waals surface area contributed by atoms with Crippen molar-refractivity contribution in [1.82, 2.24) is 21.1 Å². The Labute approximate surface area is 130 Å². The number of hydroxylamine groups is 1. The minimum absolute atomic E-state index is 0.396. The van der Waals surface area contributed by atoms with E-state index in [0.717, 1.165) is 36.2 Å². The third-order valence-electron chi connectivity index (χ3n) is 5.03. The van der Waals surface area contributed by atoms with E-state index in [-0.39, 0.29) is 0 Å². The second-order valence-corrected chi connectivity index (χ2v) is 6.48. The Hall–Kier alpha value is -1.50. The second-order valence-electron chi connectivity index (χ2n) is 6.48. The van der Waals surface area contributed by atoms with Crippen molar-refractivity contribution >= 4 is 5.91 Å². The number of hydrogen-bond acceptors (Lipinski definition) is 5. The largest absolute Gasteiger partial charge is 0.316 e. The van der Waals surface area contributed by atoms with Crippen molar-refractivity contribution in [3.8, 4) is 0 Å². The molecule has 120 valence electrons. The number of hydrogen-bond donors (Lipinski definition) is 4. The third-order valence-corrected chi connectivity index (χ3v) is 5.03. The molecule has 6 nitrogen and oxygen atoms in total. The van der Waals surface area contributed by atoms with E-state index in [1.54, 1.807) is 11.5 Å². The van der Waals surface area contributed by atoms with Crippen LogP contribution >= 0.6 is 0 Å². The normalized spacial score (nSPS) is 21.3. The number of rotatable bonds is 1. The molecule has 0 aromatic carbocycles. The van der Waals surface area contributed by atoms with E-state index in [2.05, 4.69) is 15.6 Å². The lowest BCUT2D eigenvalue weighted by molar-refractivity contribution is 0.0705. The maximum atomic E-state index is 11.1. The Kier molecular flexibility index (Phi) is 4.71. The van der Waals surface area contributed by atoms with Gasteiger partial charge in [-0.1, -0.05) is 6.42 Å². The number of fused-ring (bicyclic) bond motifs is 1. The summed E-state index contributed by atoms with van der Waals surface area (Å²) in [5.41, 5.74) is 4.85. The fraction of sp³-hybridized carbons (Fsp3) is 0.625. The molecule has 22 heavy (non-hydrogen) atoms. The molecule has 3 heterocycles. The molecule has 1 aromatic rings. The summed E-state index contributed by atoms with van der Waals surface area (Å²) in [4.78, 5) is 15.2. The van der Waals surface area contributed by atoms with Crippen molar-refractivity contribution in [2.75, 3.05) is 19.6 Å². The summed E-state index contributed by atoms with van der Waals surface area (Å²) in [6.07, 6.45) is 8.28. The maximum Gasteiger partial charge on any atom is 0.276 e. The lowest BCUT2D eigenvalue weighted by Gasteiger charge is -2.37. The van der Waals surface area contributed by atoms with E-state index in [1.165, 1.54) is 45.0 Å². The van der Waals surface area contributed by atoms with Crippen LogP contribution in [-0.2, 0) is 13.0 Å². The lowest BCUT2D eigenvalue weighted by Crippen LogP contribution is -2.31. The molecule has 2 aliphatic heterocycles. The van der Waals surface area contributed by atoms with Gasteiger partial charge >= 0.3 is 0 Å². The van der Waals surface area contributed by atoms with Crippen molar-refractivity contribution in [3.63, 3.8) is 0 Å². The first-order valence-corrected chi connectivity index (χ1v) is 8.06. The van der Waals surface area contributed by atoms with Crippen molar-refractivity contribution < 1.29 is 10.0 Å². The van der Waals surface area contributed by atoms with E-state index in [1.807, 2.05) is 0 Å². The van der Waals surface area contributed by atoms with Gasteiger partial charge in [-0.25, -0.2) is 5.48 Å². The first-order valence-electron chi connectivity index (χ1n) is 8.06. The quantitative estimate of drug-likeness (QED) is 0.459. The van der Waals surface area contributed by atoms with E-state index in [4.69, 9.17) is 5.21 Å². The molecule has 0 bridgehead atoms. The molecule has 4 N–H and O–H groups in total. The molecular formula is C16H24N4O2. The molecule has 1 aromatic heterocycles. The standard InChI is InChI=1S/C9H11N3O2.C7H13N/c13-9(12-14)7-3-6-1-2-10-5-8(6)11-4-7;1-2-7(3-1)4-5-8-6-7/h3-4,10,14H,1-2,5H2,(H,12,13);8H,1-6H2. The van der Waals surface area contributed by atoms with Gasteiger partial charge in [0.2, 0.25) is 0 Å². The predicted molar refractivity (Wildman–Crippen MR) is 82.7 cm³/mol. The highest BCUT2D eigenvalue weighted by Gasteiger charge is 2.38. The van der Waals surface area contributed by atoms with Crippen molar-refractivity contribution in [3.05, 3.63) is 29.1 Å². The summed E-state index contributed by atoms with van der Waals surface area (Å²) < 4.78 is 0. The number of carbonyl (C=O) groups is 1. The van der Waals surface area contributed by atoms with Crippen LogP contribution in [0.5, 0.6) is 0 Å². The van der Waals surface area contributed by atoms with Gasteiger partial charge in [0.05, 0.1) is 11.3 Å². The number of pyridine rings is 1. The number of carbonyl (C=O) groups excluding carboxylic acids is 1. The second kappa shape index (κ2) is 6.73.